The van der Waals surface area contributed by atoms with Crippen LogP contribution in [0, 0.1) is 6.92 Å². The Morgan fingerprint density at radius 2 is 2.13 bits per heavy atom. The maximum absolute atomic E-state index is 5.91. The zero-order valence-corrected chi connectivity index (χ0v) is 13.0. The first-order valence-electron chi connectivity index (χ1n) is 7.23. The van der Waals surface area contributed by atoms with E-state index < -0.39 is 0 Å². The Morgan fingerprint density at radius 1 is 1.26 bits per heavy atom. The molecule has 0 aliphatic carbocycles. The van der Waals surface area contributed by atoms with Crippen molar-refractivity contribution < 1.29 is 9.57 Å². The molecule has 0 amide bonds. The largest absolute Gasteiger partial charge is 0.438 e. The number of ether oxygens (including phenoxy) is 1. The Morgan fingerprint density at radius 3 is 2.87 bits per heavy atom. The average molecular weight is 311 g/mol. The van der Waals surface area contributed by atoms with Crippen LogP contribution in [0.3, 0.4) is 0 Å². The summed E-state index contributed by atoms with van der Waals surface area (Å²) in [5.41, 5.74) is 2.21. The fraction of sp³-hybridized carbons (Fsp3) is 0.250. The van der Waals surface area contributed by atoms with Gasteiger partial charge >= 0.3 is 0 Å². The molecule has 0 saturated heterocycles. The van der Waals surface area contributed by atoms with Gasteiger partial charge in [0.25, 0.3) is 0 Å². The molecule has 1 aliphatic heterocycles. The summed E-state index contributed by atoms with van der Waals surface area (Å²) in [4.78, 5) is 17.6. The summed E-state index contributed by atoms with van der Waals surface area (Å²) in [7, 11) is 1.51. The lowest BCUT2D eigenvalue weighted by Gasteiger charge is -2.12. The number of oxime groups is 1. The third-order valence-corrected chi connectivity index (χ3v) is 3.22. The van der Waals surface area contributed by atoms with E-state index in [0.717, 1.165) is 17.8 Å². The zero-order valence-electron chi connectivity index (χ0n) is 13.0. The summed E-state index contributed by atoms with van der Waals surface area (Å²) >= 11 is 0. The molecule has 0 fully saturated rings. The van der Waals surface area contributed by atoms with Gasteiger partial charge in [0.2, 0.25) is 5.88 Å². The van der Waals surface area contributed by atoms with Gasteiger partial charge in [0.15, 0.2) is 11.5 Å². The molecule has 1 N–H and O–H groups in total. The van der Waals surface area contributed by atoms with Crippen LogP contribution in [-0.4, -0.2) is 41.7 Å². The first-order chi connectivity index (χ1) is 11.3. The quantitative estimate of drug-likeness (QED) is 0.674. The molecule has 3 rings (SSSR count). The lowest BCUT2D eigenvalue weighted by molar-refractivity contribution is 0.214. The van der Waals surface area contributed by atoms with Gasteiger partial charge in [-0.15, -0.1) is 0 Å². The molecule has 0 radical (unpaired) electrons. The van der Waals surface area contributed by atoms with Crippen molar-refractivity contribution in [2.24, 2.45) is 10.1 Å². The molecule has 118 valence electrons. The Hall–Kier alpha value is -2.96. The minimum Gasteiger partial charge on any atom is -0.438 e. The Bertz CT molecular complexity index is 758. The molecule has 2 heterocycles. The summed E-state index contributed by atoms with van der Waals surface area (Å²) in [5.74, 6) is 1.79. The van der Waals surface area contributed by atoms with E-state index in [2.05, 4.69) is 25.4 Å². The molecule has 1 aromatic carbocycles. The van der Waals surface area contributed by atoms with Crippen LogP contribution in [0.1, 0.15) is 11.3 Å². The van der Waals surface area contributed by atoms with E-state index in [1.165, 1.54) is 13.4 Å². The van der Waals surface area contributed by atoms with E-state index in [0.29, 0.717) is 29.7 Å². The van der Waals surface area contributed by atoms with Crippen LogP contribution in [0.25, 0.3) is 0 Å². The van der Waals surface area contributed by atoms with Crippen LogP contribution in [0.15, 0.2) is 46.8 Å². The van der Waals surface area contributed by atoms with Crippen molar-refractivity contribution in [1.82, 2.24) is 15.3 Å². The van der Waals surface area contributed by atoms with Crippen LogP contribution < -0.4 is 10.1 Å². The number of nitrogens with zero attached hydrogens (tertiary/aromatic N) is 4. The van der Waals surface area contributed by atoms with Crippen molar-refractivity contribution in [3.63, 3.8) is 0 Å². The summed E-state index contributed by atoms with van der Waals surface area (Å²) < 4.78 is 5.91. The third kappa shape index (κ3) is 3.45. The molecule has 7 heteroatoms. The second-order valence-corrected chi connectivity index (χ2v) is 4.88. The number of hydrogen-bond acceptors (Lipinski definition) is 7. The highest BCUT2D eigenvalue weighted by Crippen LogP contribution is 2.25. The minimum atomic E-state index is 0.475. The molecule has 23 heavy (non-hydrogen) atoms. The van der Waals surface area contributed by atoms with Crippen LogP contribution in [0.5, 0.6) is 11.6 Å². The lowest BCUT2D eigenvalue weighted by atomic mass is 10.1. The molecule has 0 spiro atoms. The number of aromatic nitrogens is 2. The smallest absolute Gasteiger partial charge is 0.222 e. The Labute approximate surface area is 134 Å². The highest BCUT2D eigenvalue weighted by molar-refractivity contribution is 6.48. The molecule has 0 saturated carbocycles. The normalized spacial score (nSPS) is 14.2. The van der Waals surface area contributed by atoms with Gasteiger partial charge in [-0.1, -0.05) is 17.3 Å². The highest BCUT2D eigenvalue weighted by Gasteiger charge is 2.20. The van der Waals surface area contributed by atoms with Crippen LogP contribution in [0.4, 0.5) is 0 Å². The predicted octanol–water partition coefficient (Wildman–Crippen LogP) is 1.93. The maximum Gasteiger partial charge on any atom is 0.222 e. The predicted molar refractivity (Wildman–Crippen MR) is 87.1 cm³/mol. The van der Waals surface area contributed by atoms with Gasteiger partial charge in [-0.2, -0.15) is 0 Å². The second kappa shape index (κ2) is 6.87. The molecule has 0 unspecified atom stereocenters. The highest BCUT2D eigenvalue weighted by atomic mass is 16.6. The van der Waals surface area contributed by atoms with Crippen LogP contribution >= 0.6 is 0 Å². The van der Waals surface area contributed by atoms with Crippen molar-refractivity contribution in [2.45, 2.75) is 6.92 Å². The molecule has 7 nitrogen and oxygen atoms in total. The Balaban J connectivity index is 1.97. The standard InChI is InChI=1S/C16H17N5O2/c1-11-9-14(20-10-19-11)23-13-6-4-3-5-12(13)15(21-22-2)16-17-7-8-18-16/h3-6,9-10H,7-8H2,1-2H3,(H,17,18). The molecule has 1 aromatic heterocycles. The number of nitrogens with one attached hydrogen (secondary N) is 1. The number of para-hydroxylation sites is 1. The maximum atomic E-state index is 5.91. The molecule has 1 aliphatic rings. The number of aryl methyl sites for hydroxylation is 1. The first kappa shape index (κ1) is 15.0. The first-order valence-corrected chi connectivity index (χ1v) is 7.23. The topological polar surface area (TPSA) is 81.0 Å². The van der Waals surface area contributed by atoms with Crippen molar-refractivity contribution in [2.75, 3.05) is 20.2 Å². The monoisotopic (exact) mass is 311 g/mol. The van der Waals surface area contributed by atoms with Crippen molar-refractivity contribution >= 4 is 11.5 Å². The molecule has 0 atom stereocenters. The molecular weight excluding hydrogens is 294 g/mol. The zero-order chi connectivity index (χ0) is 16.1. The minimum absolute atomic E-state index is 0.475. The van der Waals surface area contributed by atoms with Gasteiger partial charge in [0, 0.05) is 18.3 Å². The van der Waals surface area contributed by atoms with Crippen molar-refractivity contribution in [3.8, 4) is 11.6 Å². The second-order valence-electron chi connectivity index (χ2n) is 4.88. The summed E-state index contributed by atoms with van der Waals surface area (Å²) in [5, 5.41) is 7.31. The van der Waals surface area contributed by atoms with Gasteiger partial charge in [0.05, 0.1) is 12.1 Å². The summed E-state index contributed by atoms with van der Waals surface area (Å²) in [6, 6.07) is 9.34. The van der Waals surface area contributed by atoms with Crippen molar-refractivity contribution in [3.05, 3.63) is 47.9 Å². The molecule has 2 aromatic rings. The number of hydrogen-bond donors (Lipinski definition) is 1. The van der Waals surface area contributed by atoms with E-state index in [4.69, 9.17) is 9.57 Å². The number of amidine groups is 1. The summed E-state index contributed by atoms with van der Waals surface area (Å²) in [6.45, 7) is 3.38. The third-order valence-electron chi connectivity index (χ3n) is 3.22. The molecule has 0 bridgehead atoms. The van der Waals surface area contributed by atoms with Gasteiger partial charge in [-0.3, -0.25) is 4.99 Å². The van der Waals surface area contributed by atoms with E-state index in [-0.39, 0.29) is 0 Å². The fourth-order valence-electron chi connectivity index (χ4n) is 2.22. The molecular formula is C16H17N5O2. The number of aliphatic imine (C=N–C) groups is 1. The van der Waals surface area contributed by atoms with E-state index in [9.17, 15) is 0 Å². The van der Waals surface area contributed by atoms with Gasteiger partial charge in [-0.25, -0.2) is 9.97 Å². The van der Waals surface area contributed by atoms with Crippen LogP contribution in [0.2, 0.25) is 0 Å². The van der Waals surface area contributed by atoms with Crippen molar-refractivity contribution in [1.29, 1.82) is 0 Å². The number of benzene rings is 1. The number of rotatable bonds is 5. The van der Waals surface area contributed by atoms with Gasteiger partial charge in [-0.05, 0) is 19.1 Å². The van der Waals surface area contributed by atoms with E-state index in [1.807, 2.05) is 31.2 Å². The van der Waals surface area contributed by atoms with E-state index >= 15 is 0 Å². The lowest BCUT2D eigenvalue weighted by Crippen LogP contribution is -2.28. The average Bonchev–Trinajstić information content (AvgIpc) is 3.08. The Kier molecular flexibility index (Phi) is 4.46. The SMILES string of the molecule is CON=C(C1=NCCN1)c1ccccc1Oc1cc(C)ncn1. The van der Waals surface area contributed by atoms with E-state index in [1.54, 1.807) is 6.07 Å². The van der Waals surface area contributed by atoms with Crippen LogP contribution in [-0.2, 0) is 4.84 Å². The fourth-order valence-corrected chi connectivity index (χ4v) is 2.22. The summed E-state index contributed by atoms with van der Waals surface area (Å²) in [6.07, 6.45) is 1.47. The van der Waals surface area contributed by atoms with Gasteiger partial charge < -0.3 is 14.9 Å². The van der Waals surface area contributed by atoms with Gasteiger partial charge in [0.1, 0.15) is 19.2 Å².